The number of benzene rings is 2. The number of halogens is 2. The molecule has 0 saturated carbocycles. The molecular formula is C18H9Cl2N5O5. The van der Waals surface area contributed by atoms with Gasteiger partial charge in [-0.3, -0.25) is 14.6 Å². The van der Waals surface area contributed by atoms with E-state index < -0.39 is 16.9 Å². The maximum atomic E-state index is 12.0. The van der Waals surface area contributed by atoms with Gasteiger partial charge in [0.2, 0.25) is 5.69 Å². The summed E-state index contributed by atoms with van der Waals surface area (Å²) in [5.74, 6) is 0.597. The van der Waals surface area contributed by atoms with E-state index in [1.54, 1.807) is 24.3 Å². The first-order chi connectivity index (χ1) is 14.4. The number of ether oxygens (including phenoxy) is 2. The molecule has 0 atom stereocenters. The van der Waals surface area contributed by atoms with E-state index in [1.165, 1.54) is 12.1 Å². The van der Waals surface area contributed by atoms with E-state index in [2.05, 4.69) is 10.4 Å². The number of hydrogen-bond acceptors (Lipinski definition) is 7. The molecule has 2 N–H and O–H groups in total. The number of nitriles is 1. The Labute approximate surface area is 177 Å². The maximum absolute atomic E-state index is 12.0. The molecule has 1 aliphatic rings. The maximum Gasteiger partial charge on any atom is 0.349 e. The molecule has 4 rings (SSSR count). The summed E-state index contributed by atoms with van der Waals surface area (Å²) >= 11 is 12.6. The molecule has 1 aromatic heterocycles. The third-order valence-corrected chi connectivity index (χ3v) is 4.53. The summed E-state index contributed by atoms with van der Waals surface area (Å²) in [4.78, 5) is 36.9. The molecule has 0 saturated heterocycles. The summed E-state index contributed by atoms with van der Waals surface area (Å²) in [7, 11) is 0. The van der Waals surface area contributed by atoms with Gasteiger partial charge in [0.1, 0.15) is 17.6 Å². The van der Waals surface area contributed by atoms with Gasteiger partial charge in [0.25, 0.3) is 11.5 Å². The number of rotatable bonds is 3. The van der Waals surface area contributed by atoms with Gasteiger partial charge in [0, 0.05) is 6.07 Å². The van der Waals surface area contributed by atoms with Crippen molar-refractivity contribution in [1.82, 2.24) is 14.8 Å². The smallest absolute Gasteiger partial charge is 0.349 e. The number of carbonyl (C=O) groups is 1. The Bertz CT molecular complexity index is 1340. The first kappa shape index (κ1) is 19.5. The van der Waals surface area contributed by atoms with Crippen LogP contribution in [0.25, 0.3) is 5.69 Å². The number of H-pyrrole nitrogens is 1. The summed E-state index contributed by atoms with van der Waals surface area (Å²) in [5, 5.41) is 15.4. The number of nitrogens with one attached hydrogen (secondary N) is 2. The lowest BCUT2D eigenvalue weighted by molar-refractivity contribution is -0.118. The van der Waals surface area contributed by atoms with Crippen molar-refractivity contribution in [1.29, 1.82) is 5.26 Å². The fourth-order valence-corrected chi connectivity index (χ4v) is 3.20. The van der Waals surface area contributed by atoms with Crippen LogP contribution in [0.2, 0.25) is 10.0 Å². The van der Waals surface area contributed by atoms with Gasteiger partial charge in [0.05, 0.1) is 21.4 Å². The van der Waals surface area contributed by atoms with E-state index in [0.717, 1.165) is 4.68 Å². The number of amides is 1. The third kappa shape index (κ3) is 3.59. The zero-order valence-electron chi connectivity index (χ0n) is 14.7. The molecule has 10 nitrogen and oxygen atoms in total. The number of aromatic nitrogens is 3. The molecule has 0 unspecified atom stereocenters. The number of aromatic amines is 1. The molecule has 0 fully saturated rings. The highest BCUT2D eigenvalue weighted by atomic mass is 35.5. The van der Waals surface area contributed by atoms with Crippen LogP contribution in [0.5, 0.6) is 17.2 Å². The molecule has 12 heteroatoms. The Morgan fingerprint density at radius 2 is 1.90 bits per heavy atom. The van der Waals surface area contributed by atoms with Crippen molar-refractivity contribution >= 4 is 34.8 Å². The standard InChI is InChI=1S/C18H9Cl2N5O5/c19-10-3-8(25-18(28)23-17(27)13(6-21)24-25)4-11(20)16(10)30-9-1-2-12-14(5-9)29-7-15(26)22-12/h1-5H,7H2,(H,22,26)(H,23,27,28). The number of hydrogen-bond donors (Lipinski definition) is 2. The van der Waals surface area contributed by atoms with Crippen LogP contribution in [-0.2, 0) is 4.79 Å². The second-order valence-electron chi connectivity index (χ2n) is 5.97. The average molecular weight is 446 g/mol. The molecular weight excluding hydrogens is 437 g/mol. The molecule has 1 amide bonds. The fraction of sp³-hybridized carbons (Fsp3) is 0.0556. The van der Waals surface area contributed by atoms with Gasteiger partial charge in [-0.1, -0.05) is 23.2 Å². The predicted molar refractivity (Wildman–Crippen MR) is 106 cm³/mol. The monoisotopic (exact) mass is 445 g/mol. The van der Waals surface area contributed by atoms with E-state index >= 15 is 0 Å². The third-order valence-electron chi connectivity index (χ3n) is 3.97. The van der Waals surface area contributed by atoms with Crippen molar-refractivity contribution in [3.05, 3.63) is 66.9 Å². The zero-order valence-corrected chi connectivity index (χ0v) is 16.2. The first-order valence-corrected chi connectivity index (χ1v) is 8.99. The highest BCUT2D eigenvalue weighted by molar-refractivity contribution is 6.37. The quantitative estimate of drug-likeness (QED) is 0.629. The van der Waals surface area contributed by atoms with Gasteiger partial charge in [-0.2, -0.15) is 9.94 Å². The van der Waals surface area contributed by atoms with Crippen LogP contribution in [0.15, 0.2) is 39.9 Å². The lowest BCUT2D eigenvalue weighted by Crippen LogP contribution is -2.33. The Morgan fingerprint density at radius 3 is 2.60 bits per heavy atom. The predicted octanol–water partition coefficient (Wildman–Crippen LogP) is 2.22. The number of carbonyl (C=O) groups excluding carboxylic acids is 1. The molecule has 0 aliphatic carbocycles. The number of anilines is 1. The molecule has 2 heterocycles. The van der Waals surface area contributed by atoms with Crippen molar-refractivity contribution in [2.24, 2.45) is 0 Å². The molecule has 30 heavy (non-hydrogen) atoms. The van der Waals surface area contributed by atoms with E-state index in [9.17, 15) is 14.4 Å². The van der Waals surface area contributed by atoms with Crippen LogP contribution in [-0.4, -0.2) is 27.3 Å². The van der Waals surface area contributed by atoms with E-state index in [4.69, 9.17) is 37.9 Å². The van der Waals surface area contributed by atoms with E-state index in [-0.39, 0.29) is 34.0 Å². The van der Waals surface area contributed by atoms with Crippen molar-refractivity contribution in [2.75, 3.05) is 11.9 Å². The number of nitrogens with zero attached hydrogens (tertiary/aromatic N) is 3. The normalized spacial score (nSPS) is 12.4. The molecule has 1 aliphatic heterocycles. The molecule has 150 valence electrons. The lowest BCUT2D eigenvalue weighted by atomic mass is 10.2. The van der Waals surface area contributed by atoms with Crippen molar-refractivity contribution in [2.45, 2.75) is 0 Å². The Hall–Kier alpha value is -3.81. The van der Waals surface area contributed by atoms with Crippen LogP contribution in [0.3, 0.4) is 0 Å². The second kappa shape index (κ2) is 7.55. The highest BCUT2D eigenvalue weighted by Crippen LogP contribution is 2.40. The SMILES string of the molecule is N#Cc1nn(-c2cc(Cl)c(Oc3ccc4c(c3)OCC(=O)N4)c(Cl)c2)c(=O)[nH]c1=O. The van der Waals surface area contributed by atoms with E-state index in [1.807, 2.05) is 4.98 Å². The largest absolute Gasteiger partial charge is 0.481 e. The Kier molecular flexibility index (Phi) is 4.91. The van der Waals surface area contributed by atoms with Gasteiger partial charge in [-0.05, 0) is 24.3 Å². The number of fused-ring (bicyclic) bond motifs is 1. The Balaban J connectivity index is 1.70. The molecule has 0 radical (unpaired) electrons. The molecule has 2 aromatic carbocycles. The molecule has 0 bridgehead atoms. The Morgan fingerprint density at radius 1 is 1.17 bits per heavy atom. The second-order valence-corrected chi connectivity index (χ2v) is 6.78. The highest BCUT2D eigenvalue weighted by Gasteiger charge is 2.18. The summed E-state index contributed by atoms with van der Waals surface area (Å²) in [5.41, 5.74) is -1.65. The fourth-order valence-electron chi connectivity index (χ4n) is 2.65. The minimum atomic E-state index is -0.901. The van der Waals surface area contributed by atoms with Gasteiger partial charge in [-0.25, -0.2) is 4.79 Å². The van der Waals surface area contributed by atoms with Crippen molar-refractivity contribution in [3.8, 4) is 29.0 Å². The topological polar surface area (TPSA) is 139 Å². The minimum absolute atomic E-state index is 0.0443. The minimum Gasteiger partial charge on any atom is -0.481 e. The van der Waals surface area contributed by atoms with Crippen LogP contribution >= 0.6 is 23.2 Å². The average Bonchev–Trinajstić information content (AvgIpc) is 2.70. The van der Waals surface area contributed by atoms with E-state index in [0.29, 0.717) is 17.2 Å². The first-order valence-electron chi connectivity index (χ1n) is 8.23. The summed E-state index contributed by atoms with van der Waals surface area (Å²) in [6.45, 7) is -0.113. The zero-order chi connectivity index (χ0) is 21.4. The molecule has 0 spiro atoms. The van der Waals surface area contributed by atoms with Gasteiger partial charge < -0.3 is 14.8 Å². The summed E-state index contributed by atoms with van der Waals surface area (Å²) < 4.78 is 11.9. The molecule has 3 aromatic rings. The van der Waals surface area contributed by atoms with Crippen LogP contribution in [0.1, 0.15) is 5.69 Å². The van der Waals surface area contributed by atoms with Crippen LogP contribution in [0.4, 0.5) is 5.69 Å². The van der Waals surface area contributed by atoms with Crippen molar-refractivity contribution in [3.63, 3.8) is 0 Å². The van der Waals surface area contributed by atoms with Gasteiger partial charge >= 0.3 is 5.69 Å². The summed E-state index contributed by atoms with van der Waals surface area (Å²) in [6, 6.07) is 9.01. The van der Waals surface area contributed by atoms with Crippen LogP contribution < -0.4 is 26.0 Å². The van der Waals surface area contributed by atoms with Gasteiger partial charge in [0.15, 0.2) is 12.4 Å². The summed E-state index contributed by atoms with van der Waals surface area (Å²) in [6.07, 6.45) is 0. The van der Waals surface area contributed by atoms with Gasteiger partial charge in [-0.15, -0.1) is 5.10 Å². The van der Waals surface area contributed by atoms with Crippen molar-refractivity contribution < 1.29 is 14.3 Å². The lowest BCUT2D eigenvalue weighted by Gasteiger charge is -2.19. The van der Waals surface area contributed by atoms with Crippen LogP contribution in [0, 0.1) is 11.3 Å².